The summed E-state index contributed by atoms with van der Waals surface area (Å²) in [6.07, 6.45) is 0.904. The first-order valence-corrected chi connectivity index (χ1v) is 5.16. The third-order valence-electron chi connectivity index (χ3n) is 2.40. The van der Waals surface area contributed by atoms with Gasteiger partial charge in [-0.1, -0.05) is 19.9 Å². The van der Waals surface area contributed by atoms with Crippen LogP contribution in [-0.2, 0) is 0 Å². The molecule has 0 radical (unpaired) electrons. The number of rotatable bonds is 4. The second kappa shape index (κ2) is 5.21. The zero-order valence-corrected chi connectivity index (χ0v) is 9.35. The van der Waals surface area contributed by atoms with Crippen molar-refractivity contribution >= 4 is 0 Å². The molecule has 1 aromatic rings. The molecule has 15 heavy (non-hydrogen) atoms. The van der Waals surface area contributed by atoms with Crippen LogP contribution in [0, 0.1) is 17.6 Å². The molecule has 0 spiro atoms. The molecule has 0 aliphatic heterocycles. The molecule has 3 heteroatoms. The highest BCUT2D eigenvalue weighted by Crippen LogP contribution is 2.22. The van der Waals surface area contributed by atoms with Gasteiger partial charge in [-0.2, -0.15) is 0 Å². The quantitative estimate of drug-likeness (QED) is 0.809. The fraction of sp³-hybridized carbons (Fsp3) is 0.500. The first-order chi connectivity index (χ1) is 7.04. The number of hydrogen-bond donors (Lipinski definition) is 1. The van der Waals surface area contributed by atoms with Gasteiger partial charge in [0.1, 0.15) is 0 Å². The summed E-state index contributed by atoms with van der Waals surface area (Å²) >= 11 is 0. The molecule has 0 fully saturated rings. The van der Waals surface area contributed by atoms with Gasteiger partial charge in [-0.05, 0) is 37.1 Å². The molecule has 1 unspecified atom stereocenters. The number of hydrogen-bond acceptors (Lipinski definition) is 1. The molecule has 0 aromatic heterocycles. The molecule has 84 valence electrons. The average molecular weight is 213 g/mol. The molecule has 0 amide bonds. The smallest absolute Gasteiger partial charge is 0.159 e. The summed E-state index contributed by atoms with van der Waals surface area (Å²) in [5, 5.41) is 3.11. The Kier molecular flexibility index (Phi) is 4.21. The second-order valence-electron chi connectivity index (χ2n) is 4.14. The van der Waals surface area contributed by atoms with E-state index in [0.29, 0.717) is 5.92 Å². The lowest BCUT2D eigenvalue weighted by atomic mass is 9.97. The van der Waals surface area contributed by atoms with Crippen molar-refractivity contribution in [3.8, 4) is 0 Å². The van der Waals surface area contributed by atoms with E-state index in [4.69, 9.17) is 0 Å². The third kappa shape index (κ3) is 3.27. The summed E-state index contributed by atoms with van der Waals surface area (Å²) in [6, 6.07) is 4.15. The van der Waals surface area contributed by atoms with Gasteiger partial charge in [-0.3, -0.25) is 0 Å². The number of benzene rings is 1. The van der Waals surface area contributed by atoms with Crippen LogP contribution < -0.4 is 5.32 Å². The minimum absolute atomic E-state index is 0.0834. The van der Waals surface area contributed by atoms with Gasteiger partial charge in [0.05, 0.1) is 0 Å². The maximum absolute atomic E-state index is 13.0. The summed E-state index contributed by atoms with van der Waals surface area (Å²) in [5.41, 5.74) is 0.796. The molecular formula is C12H17F2N. The van der Waals surface area contributed by atoms with Crippen LogP contribution in [0.3, 0.4) is 0 Å². The molecule has 1 N–H and O–H groups in total. The maximum Gasteiger partial charge on any atom is 0.159 e. The van der Waals surface area contributed by atoms with E-state index < -0.39 is 11.6 Å². The molecule has 1 atom stereocenters. The Labute approximate surface area is 89.5 Å². The van der Waals surface area contributed by atoms with E-state index in [2.05, 4.69) is 19.2 Å². The molecule has 0 saturated heterocycles. The fourth-order valence-electron chi connectivity index (χ4n) is 1.62. The minimum atomic E-state index is -0.793. The second-order valence-corrected chi connectivity index (χ2v) is 4.14. The molecule has 0 heterocycles. The zero-order chi connectivity index (χ0) is 11.4. The van der Waals surface area contributed by atoms with Crippen molar-refractivity contribution in [1.29, 1.82) is 0 Å². The Balaban J connectivity index is 2.87. The summed E-state index contributed by atoms with van der Waals surface area (Å²) in [5.74, 6) is -1.06. The van der Waals surface area contributed by atoms with Crippen molar-refractivity contribution in [1.82, 2.24) is 5.32 Å². The minimum Gasteiger partial charge on any atom is -0.313 e. The topological polar surface area (TPSA) is 12.0 Å². The summed E-state index contributed by atoms with van der Waals surface area (Å²) in [6.45, 7) is 4.20. The van der Waals surface area contributed by atoms with Crippen molar-refractivity contribution in [2.45, 2.75) is 26.3 Å². The van der Waals surface area contributed by atoms with Crippen molar-refractivity contribution in [2.75, 3.05) is 7.05 Å². The zero-order valence-electron chi connectivity index (χ0n) is 9.35. The Hall–Kier alpha value is -0.960. The largest absolute Gasteiger partial charge is 0.313 e. The lowest BCUT2D eigenvalue weighted by molar-refractivity contribution is 0.450. The summed E-state index contributed by atoms with van der Waals surface area (Å²) in [7, 11) is 1.83. The molecule has 1 aromatic carbocycles. The highest BCUT2D eigenvalue weighted by molar-refractivity contribution is 5.21. The third-order valence-corrected chi connectivity index (χ3v) is 2.40. The van der Waals surface area contributed by atoms with Gasteiger partial charge in [-0.25, -0.2) is 8.78 Å². The first-order valence-electron chi connectivity index (χ1n) is 5.16. The Morgan fingerprint density at radius 1 is 1.20 bits per heavy atom. The molecular weight excluding hydrogens is 196 g/mol. The van der Waals surface area contributed by atoms with Gasteiger partial charge in [0, 0.05) is 6.04 Å². The van der Waals surface area contributed by atoms with Crippen molar-refractivity contribution in [2.24, 2.45) is 5.92 Å². The van der Waals surface area contributed by atoms with Gasteiger partial charge in [0.25, 0.3) is 0 Å². The van der Waals surface area contributed by atoms with E-state index in [9.17, 15) is 8.78 Å². The van der Waals surface area contributed by atoms with Gasteiger partial charge >= 0.3 is 0 Å². The normalized spacial score (nSPS) is 13.2. The monoisotopic (exact) mass is 213 g/mol. The Morgan fingerprint density at radius 2 is 1.87 bits per heavy atom. The summed E-state index contributed by atoms with van der Waals surface area (Å²) < 4.78 is 25.7. The van der Waals surface area contributed by atoms with Gasteiger partial charge in [0.15, 0.2) is 11.6 Å². The Morgan fingerprint density at radius 3 is 2.33 bits per heavy atom. The van der Waals surface area contributed by atoms with E-state index in [1.807, 2.05) is 7.05 Å². The predicted octanol–water partition coefficient (Wildman–Crippen LogP) is 3.27. The molecule has 1 rings (SSSR count). The van der Waals surface area contributed by atoms with E-state index >= 15 is 0 Å². The number of nitrogens with one attached hydrogen (secondary N) is 1. The van der Waals surface area contributed by atoms with Crippen LogP contribution in [0.25, 0.3) is 0 Å². The lowest BCUT2D eigenvalue weighted by Gasteiger charge is -2.18. The average Bonchev–Trinajstić information content (AvgIpc) is 2.18. The maximum atomic E-state index is 13.0. The van der Waals surface area contributed by atoms with Crippen LogP contribution in [0.5, 0.6) is 0 Å². The van der Waals surface area contributed by atoms with Crippen LogP contribution in [0.15, 0.2) is 18.2 Å². The standard InChI is InChI=1S/C12H17F2N/c1-8(2)6-12(15-3)9-4-5-10(13)11(14)7-9/h4-5,7-8,12,15H,6H2,1-3H3. The van der Waals surface area contributed by atoms with Gasteiger partial charge in [-0.15, -0.1) is 0 Å². The SMILES string of the molecule is CNC(CC(C)C)c1ccc(F)c(F)c1. The van der Waals surface area contributed by atoms with Crippen molar-refractivity contribution in [3.05, 3.63) is 35.4 Å². The molecule has 0 aliphatic carbocycles. The van der Waals surface area contributed by atoms with Gasteiger partial charge in [0.2, 0.25) is 0 Å². The summed E-state index contributed by atoms with van der Waals surface area (Å²) in [4.78, 5) is 0. The van der Waals surface area contributed by atoms with E-state index in [1.165, 1.54) is 12.1 Å². The van der Waals surface area contributed by atoms with Gasteiger partial charge < -0.3 is 5.32 Å². The molecule has 0 aliphatic rings. The van der Waals surface area contributed by atoms with E-state index in [-0.39, 0.29) is 6.04 Å². The van der Waals surface area contributed by atoms with Crippen LogP contribution in [0.1, 0.15) is 31.9 Å². The lowest BCUT2D eigenvalue weighted by Crippen LogP contribution is -2.18. The number of halogens is 2. The fourth-order valence-corrected chi connectivity index (χ4v) is 1.62. The highest BCUT2D eigenvalue weighted by Gasteiger charge is 2.13. The van der Waals surface area contributed by atoms with Crippen LogP contribution in [0.4, 0.5) is 8.78 Å². The van der Waals surface area contributed by atoms with Crippen LogP contribution in [-0.4, -0.2) is 7.05 Å². The van der Waals surface area contributed by atoms with Crippen LogP contribution in [0.2, 0.25) is 0 Å². The molecule has 0 bridgehead atoms. The van der Waals surface area contributed by atoms with E-state index in [0.717, 1.165) is 12.0 Å². The van der Waals surface area contributed by atoms with Crippen LogP contribution >= 0.6 is 0 Å². The first kappa shape index (κ1) is 12.1. The Bertz CT molecular complexity index is 323. The van der Waals surface area contributed by atoms with Crippen molar-refractivity contribution in [3.63, 3.8) is 0 Å². The highest BCUT2D eigenvalue weighted by atomic mass is 19.2. The van der Waals surface area contributed by atoms with Crippen molar-refractivity contribution < 1.29 is 8.78 Å². The predicted molar refractivity (Wildman–Crippen MR) is 57.6 cm³/mol. The molecule has 0 saturated carbocycles. The van der Waals surface area contributed by atoms with E-state index in [1.54, 1.807) is 6.07 Å². The molecule has 1 nitrogen and oxygen atoms in total.